The highest BCUT2D eigenvalue weighted by atomic mass is 35.5. The normalized spacial score (nSPS) is 11.2. The highest BCUT2D eigenvalue weighted by Gasteiger charge is 2.31. The Labute approximate surface area is 847 Å². The van der Waals surface area contributed by atoms with Gasteiger partial charge in [-0.05, 0) is 227 Å². The number of halogens is 5. The SMILES string of the molecule is COc1cc(C(=O)Nc2ccc(Cl)c(-c3nccc4ccccc34)c2)cc(OC)c1OC.NS(=O)(=O)c1ccc(C(=O)Nc2ccc(Cl)c(-c3nccc4ccccc34)c2)cc1.O=C(Nc1ccc(Cl)c(-c2nccc3ccccc23)c1)c1ccc2c(c1)C(=O)OC2=O.O=C(Nc1ccc(Cl)c(-c2nccc3ccccc23)c1)c1ccco1.O=C(Nc1ccc(Cl)c(-c2nccc3ccccc23)c1)c1ccncc1. The second kappa shape index (κ2) is 44.4. The van der Waals surface area contributed by atoms with Crippen LogP contribution in [0.3, 0.4) is 0 Å². The number of nitrogens with one attached hydrogen (secondary N) is 5. The van der Waals surface area contributed by atoms with Crippen molar-refractivity contribution in [1.82, 2.24) is 29.9 Å². The van der Waals surface area contributed by atoms with Crippen molar-refractivity contribution in [3.63, 3.8) is 0 Å². The second-order valence-corrected chi connectivity index (χ2v) is 35.4. The minimum absolute atomic E-state index is 0.0603. The standard InChI is InChI=1S/C25H21ClN2O4.C24H13ClN2O4.C22H16ClN3O3S.C21H14ClN3O.C20H13ClN2O2/c1-30-21-12-16(13-22(31-2)24(21)32-3)25(29)28-17-8-9-20(26)19(14-17)23-18-7-5-4-6-15(18)10-11-27-23;25-20-8-6-15(12-19(20)21-16-4-2-1-3-13(16)9-10-26-21)27-22(28)14-5-7-17-18(11-14)24(30)31-23(17)29;23-20-10-7-16(26-22(27)15-5-8-17(9-6-15)30(24,28)29)13-19(20)21-18-4-2-1-3-14(18)11-12-25-21;22-19-6-5-16(25-21(26)15-7-10-23-11-8-15)13-18(19)20-17-4-2-1-3-14(17)9-12-24-20;21-17-8-7-14(23-20(24)18-6-3-11-25-18)12-16(17)19-15-5-2-1-4-13(15)9-10-22-19/h4-14H,1-3H3,(H,28,29);1-12H,(H,27,28);1-13H,(H,26,27)(H2,24,28,29);1-13H,(H,25,26);1-12H,(H,23,24). The molecule has 0 spiro atoms. The van der Waals surface area contributed by atoms with E-state index in [1.54, 1.807) is 153 Å². The van der Waals surface area contributed by atoms with Gasteiger partial charge in [-0.3, -0.25) is 53.9 Å². The first-order valence-electron chi connectivity index (χ1n) is 43.9. The molecule has 144 heavy (non-hydrogen) atoms. The number of esters is 2. The van der Waals surface area contributed by atoms with Crippen molar-refractivity contribution in [1.29, 1.82) is 0 Å². The van der Waals surface area contributed by atoms with E-state index in [0.717, 1.165) is 87.6 Å². The minimum Gasteiger partial charge on any atom is -0.493 e. The molecule has 0 radical (unpaired) electrons. The molecule has 7 aromatic heterocycles. The third-order valence-corrected chi connectivity index (χ3v) is 25.3. The van der Waals surface area contributed by atoms with E-state index < -0.39 is 33.8 Å². The molecular formula is C112H77Cl5N12O14S. The maximum atomic E-state index is 13.0. The van der Waals surface area contributed by atoms with Gasteiger partial charge in [-0.1, -0.05) is 179 Å². The van der Waals surface area contributed by atoms with Crippen LogP contribution >= 0.6 is 58.0 Å². The quantitative estimate of drug-likeness (QED) is 0.0323. The predicted molar refractivity (Wildman–Crippen MR) is 564 cm³/mol. The van der Waals surface area contributed by atoms with Gasteiger partial charge >= 0.3 is 11.9 Å². The average molecular weight is 2020 g/mol. The number of fused-ring (bicyclic) bond motifs is 6. The summed E-state index contributed by atoms with van der Waals surface area (Å²) in [5.41, 5.74) is 11.9. The lowest BCUT2D eigenvalue weighted by molar-refractivity contribution is 0.0442. The fourth-order valence-electron chi connectivity index (χ4n) is 15.7. The summed E-state index contributed by atoms with van der Waals surface area (Å²) in [5.74, 6) is -1.68. The van der Waals surface area contributed by atoms with Crippen LogP contribution in [0.4, 0.5) is 28.4 Å². The molecule has 26 nitrogen and oxygen atoms in total. The van der Waals surface area contributed by atoms with Crippen molar-refractivity contribution in [2.75, 3.05) is 47.9 Å². The summed E-state index contributed by atoms with van der Waals surface area (Å²) in [6, 6.07) is 94.9. The fourth-order valence-corrected chi connectivity index (χ4v) is 17.3. The fraction of sp³-hybridized carbons (Fsp3) is 0.0268. The lowest BCUT2D eigenvalue weighted by Gasteiger charge is -2.14. The number of hydrogen-bond donors (Lipinski definition) is 6. The lowest BCUT2D eigenvalue weighted by atomic mass is 10.0. The molecule has 20 aromatic rings. The van der Waals surface area contributed by atoms with E-state index in [0.29, 0.717) is 110 Å². The number of pyridine rings is 6. The van der Waals surface area contributed by atoms with Gasteiger partial charge in [-0.2, -0.15) is 0 Å². The first-order chi connectivity index (χ1) is 69.8. The number of aromatic nitrogens is 6. The van der Waals surface area contributed by atoms with Gasteiger partial charge in [-0.15, -0.1) is 0 Å². The summed E-state index contributed by atoms with van der Waals surface area (Å²) in [6.07, 6.45) is 13.3. The molecule has 1 aliphatic rings. The third kappa shape index (κ3) is 22.5. The molecular weight excluding hydrogens is 1950 g/mol. The number of nitrogens with zero attached hydrogens (tertiary/aromatic N) is 6. The number of carbonyl (C=O) groups is 7. The predicted octanol–water partition coefficient (Wildman–Crippen LogP) is 26.0. The zero-order chi connectivity index (χ0) is 101. The van der Waals surface area contributed by atoms with E-state index >= 15 is 0 Å². The van der Waals surface area contributed by atoms with Gasteiger partial charge in [0, 0.05) is 149 Å². The van der Waals surface area contributed by atoms with Crippen molar-refractivity contribution in [3.05, 3.63) is 435 Å². The van der Waals surface area contributed by atoms with Crippen molar-refractivity contribution in [2.45, 2.75) is 4.90 Å². The van der Waals surface area contributed by atoms with Gasteiger partial charge in [0.25, 0.3) is 29.5 Å². The molecule has 7 N–H and O–H groups in total. The molecule has 0 atom stereocenters. The first kappa shape index (κ1) is 98.2. The number of methoxy groups -OCH3 is 3. The average Bonchev–Trinajstić information content (AvgIpc) is 1.28. The van der Waals surface area contributed by atoms with E-state index in [1.165, 1.54) is 70.1 Å². The molecule has 0 saturated heterocycles. The van der Waals surface area contributed by atoms with Crippen LogP contribution < -0.4 is 45.9 Å². The Kier molecular flexibility index (Phi) is 30.3. The molecule has 0 saturated carbocycles. The zero-order valence-corrected chi connectivity index (χ0v) is 80.6. The van der Waals surface area contributed by atoms with Crippen molar-refractivity contribution in [2.24, 2.45) is 5.14 Å². The largest absolute Gasteiger partial charge is 0.493 e. The topological polar surface area (TPSA) is 367 Å². The Bertz CT molecular complexity index is 8480. The summed E-state index contributed by atoms with van der Waals surface area (Å²) in [6.45, 7) is 0. The van der Waals surface area contributed by atoms with Crippen molar-refractivity contribution < 1.29 is 65.3 Å². The number of cyclic esters (lactones) is 2. The molecule has 0 unspecified atom stereocenters. The minimum atomic E-state index is -3.82. The van der Waals surface area contributed by atoms with Crippen molar-refractivity contribution >= 4 is 192 Å². The zero-order valence-electron chi connectivity index (χ0n) is 76.0. The van der Waals surface area contributed by atoms with Crippen LogP contribution in [-0.2, 0) is 14.8 Å². The molecule has 8 heterocycles. The van der Waals surface area contributed by atoms with E-state index in [-0.39, 0.29) is 45.1 Å². The summed E-state index contributed by atoms with van der Waals surface area (Å²) in [5, 5.41) is 32.1. The molecule has 5 amide bonds. The van der Waals surface area contributed by atoms with Crippen LogP contribution in [0, 0.1) is 0 Å². The van der Waals surface area contributed by atoms with Crippen LogP contribution in [0.25, 0.3) is 110 Å². The molecule has 0 aliphatic carbocycles. The van der Waals surface area contributed by atoms with Crippen LogP contribution in [0.2, 0.25) is 25.1 Å². The molecule has 13 aromatic carbocycles. The number of furan rings is 1. The maximum absolute atomic E-state index is 13.0. The molecule has 0 bridgehead atoms. The molecule has 1 aliphatic heterocycles. The van der Waals surface area contributed by atoms with E-state index in [2.05, 4.69) is 61.2 Å². The number of carbonyl (C=O) groups excluding carboxylic acids is 7. The Morgan fingerprint density at radius 1 is 0.299 bits per heavy atom. The smallest absolute Gasteiger partial charge is 0.346 e. The van der Waals surface area contributed by atoms with E-state index in [1.807, 2.05) is 170 Å². The van der Waals surface area contributed by atoms with Gasteiger partial charge in [0.1, 0.15) is 0 Å². The van der Waals surface area contributed by atoms with E-state index in [4.69, 9.17) is 81.8 Å². The van der Waals surface area contributed by atoms with Gasteiger partial charge in [0.2, 0.25) is 15.8 Å². The van der Waals surface area contributed by atoms with Gasteiger partial charge in [0.15, 0.2) is 17.3 Å². The van der Waals surface area contributed by atoms with Crippen LogP contribution in [0.1, 0.15) is 72.7 Å². The highest BCUT2D eigenvalue weighted by molar-refractivity contribution is 7.89. The summed E-state index contributed by atoms with van der Waals surface area (Å²) >= 11 is 32.2. The lowest BCUT2D eigenvalue weighted by Crippen LogP contribution is -2.14. The second-order valence-electron chi connectivity index (χ2n) is 31.8. The highest BCUT2D eigenvalue weighted by Crippen LogP contribution is 2.43. The number of sulfonamides is 1. The van der Waals surface area contributed by atoms with E-state index in [9.17, 15) is 42.0 Å². The monoisotopic (exact) mass is 2020 g/mol. The Hall–Kier alpha value is -17.4. The number of ether oxygens (including phenoxy) is 4. The third-order valence-electron chi connectivity index (χ3n) is 22.7. The van der Waals surface area contributed by atoms with Gasteiger partial charge in [-0.25, -0.2) is 23.1 Å². The summed E-state index contributed by atoms with van der Waals surface area (Å²) in [7, 11) is 0.697. The van der Waals surface area contributed by atoms with Gasteiger partial charge in [0.05, 0.1) is 97.2 Å². The number of rotatable bonds is 19. The molecule has 21 rings (SSSR count). The van der Waals surface area contributed by atoms with Crippen LogP contribution in [-0.4, -0.2) is 101 Å². The van der Waals surface area contributed by atoms with Gasteiger partial charge < -0.3 is 49.9 Å². The number of hydrogen-bond acceptors (Lipinski definition) is 20. The number of primary sulfonamides is 1. The molecule has 32 heteroatoms. The maximum Gasteiger partial charge on any atom is 0.346 e. The molecule has 710 valence electrons. The first-order valence-corrected chi connectivity index (χ1v) is 47.3. The summed E-state index contributed by atoms with van der Waals surface area (Å²) in [4.78, 5) is 113. The van der Waals surface area contributed by atoms with Crippen LogP contribution in [0.5, 0.6) is 17.2 Å². The van der Waals surface area contributed by atoms with Crippen molar-refractivity contribution in [3.8, 4) is 73.5 Å². The Balaban J connectivity index is 0.000000124. The summed E-state index contributed by atoms with van der Waals surface area (Å²) < 4.78 is 48.4. The molecule has 0 fully saturated rings. The Morgan fingerprint density at radius 2 is 0.604 bits per heavy atom. The number of anilines is 5. The van der Waals surface area contributed by atoms with Crippen LogP contribution in [0.15, 0.2) is 380 Å². The number of benzene rings is 13. The Morgan fingerprint density at radius 3 is 0.924 bits per heavy atom. The number of amides is 5. The number of nitrogens with two attached hydrogens (primary N) is 1.